The third kappa shape index (κ3) is 3.95. The molecule has 1 aliphatic rings. The molecule has 0 bridgehead atoms. The van der Waals surface area contributed by atoms with Crippen LogP contribution in [0, 0.1) is 0 Å². The molecule has 0 saturated carbocycles. The van der Waals surface area contributed by atoms with Crippen LogP contribution in [0.4, 0.5) is 26.3 Å². The quantitative estimate of drug-likeness (QED) is 0.708. The highest BCUT2D eigenvalue weighted by atomic mass is 32.2. The molecule has 0 spiro atoms. The highest BCUT2D eigenvalue weighted by Crippen LogP contribution is 2.38. The van der Waals surface area contributed by atoms with E-state index in [1.54, 1.807) is 10.8 Å². The van der Waals surface area contributed by atoms with Gasteiger partial charge in [-0.25, -0.2) is 13.4 Å². The Morgan fingerprint density at radius 3 is 2.07 bits per heavy atom. The van der Waals surface area contributed by atoms with Crippen LogP contribution in [0.3, 0.4) is 0 Å². The van der Waals surface area contributed by atoms with Crippen LogP contribution in [-0.2, 0) is 35.5 Å². The van der Waals surface area contributed by atoms with Crippen LogP contribution in [0.5, 0.6) is 0 Å². The van der Waals surface area contributed by atoms with Crippen molar-refractivity contribution >= 4 is 10.0 Å². The van der Waals surface area contributed by atoms with Gasteiger partial charge in [-0.3, -0.25) is 0 Å². The maximum atomic E-state index is 13.0. The first-order chi connectivity index (χ1) is 12.4. The number of aryl methyl sites for hydroxylation is 1. The summed E-state index contributed by atoms with van der Waals surface area (Å²) in [5.41, 5.74) is -3.35. The number of fused-ring (bicyclic) bond motifs is 1. The average Bonchev–Trinajstić information content (AvgIpc) is 2.89. The third-order valence-electron chi connectivity index (χ3n) is 4.12. The molecule has 0 saturated heterocycles. The van der Waals surface area contributed by atoms with Gasteiger partial charge in [-0.1, -0.05) is 0 Å². The van der Waals surface area contributed by atoms with Crippen molar-refractivity contribution < 1.29 is 34.8 Å². The molecule has 12 heteroatoms. The molecule has 2 heterocycles. The summed E-state index contributed by atoms with van der Waals surface area (Å²) in [6.45, 7) is 0.147. The molecule has 0 atom stereocenters. The molecular formula is C15H13F6N3O2S. The molecule has 0 N–H and O–H groups in total. The number of imidazole rings is 1. The molecule has 2 aromatic rings. The maximum absolute atomic E-state index is 13.0. The van der Waals surface area contributed by atoms with Crippen LogP contribution < -0.4 is 0 Å². The van der Waals surface area contributed by atoms with Gasteiger partial charge in [0.2, 0.25) is 10.0 Å². The largest absolute Gasteiger partial charge is 0.416 e. The van der Waals surface area contributed by atoms with Crippen molar-refractivity contribution in [1.29, 1.82) is 0 Å². The Bertz CT molecular complexity index is 917. The Hall–Kier alpha value is -2.08. The predicted octanol–water partition coefficient (Wildman–Crippen LogP) is 3.52. The smallest absolute Gasteiger partial charge is 0.334 e. The van der Waals surface area contributed by atoms with E-state index >= 15 is 0 Å². The molecule has 0 radical (unpaired) electrons. The van der Waals surface area contributed by atoms with E-state index in [1.807, 2.05) is 0 Å². The van der Waals surface area contributed by atoms with Crippen LogP contribution in [0.15, 0.2) is 35.5 Å². The minimum Gasteiger partial charge on any atom is -0.334 e. The van der Waals surface area contributed by atoms with Crippen molar-refractivity contribution in [3.8, 4) is 0 Å². The molecule has 5 nitrogen and oxygen atoms in total. The lowest BCUT2D eigenvalue weighted by Gasteiger charge is -2.21. The van der Waals surface area contributed by atoms with Gasteiger partial charge in [-0.2, -0.15) is 30.6 Å². The number of hydrogen-bond donors (Lipinski definition) is 0. The first kappa shape index (κ1) is 19.7. The number of aromatic nitrogens is 2. The fraction of sp³-hybridized carbons (Fsp3) is 0.400. The third-order valence-corrected chi connectivity index (χ3v) is 5.95. The highest BCUT2D eigenvalue weighted by Gasteiger charge is 2.39. The Labute approximate surface area is 150 Å². The molecule has 0 fully saturated rings. The van der Waals surface area contributed by atoms with Gasteiger partial charge in [0.25, 0.3) is 0 Å². The lowest BCUT2D eigenvalue weighted by Crippen LogP contribution is -2.31. The zero-order valence-corrected chi connectivity index (χ0v) is 14.4. The first-order valence-corrected chi connectivity index (χ1v) is 9.13. The summed E-state index contributed by atoms with van der Waals surface area (Å²) in [7, 11) is -4.59. The number of halogens is 6. The molecular weight excluding hydrogens is 400 g/mol. The lowest BCUT2D eigenvalue weighted by molar-refractivity contribution is -0.143. The van der Waals surface area contributed by atoms with Crippen molar-refractivity contribution in [2.45, 2.75) is 36.8 Å². The summed E-state index contributed by atoms with van der Waals surface area (Å²) >= 11 is 0. The van der Waals surface area contributed by atoms with E-state index in [0.29, 0.717) is 18.8 Å². The normalized spacial score (nSPS) is 16.8. The summed E-state index contributed by atoms with van der Waals surface area (Å²) in [4.78, 5) is 2.93. The second-order valence-electron chi connectivity index (χ2n) is 5.97. The second-order valence-corrected chi connectivity index (χ2v) is 7.91. The maximum Gasteiger partial charge on any atom is 0.416 e. The minimum absolute atomic E-state index is 0.0523. The van der Waals surface area contributed by atoms with E-state index in [2.05, 4.69) is 4.98 Å². The summed E-state index contributed by atoms with van der Waals surface area (Å²) < 4.78 is 106. The number of alkyl halides is 6. The van der Waals surface area contributed by atoms with Crippen molar-refractivity contribution in [3.63, 3.8) is 0 Å². The topological polar surface area (TPSA) is 55.2 Å². The molecule has 1 aromatic heterocycles. The standard InChI is InChI=1S/C15H13F6N3O2S/c16-14(17,18)10-6-11(15(19,20)21)8-12(7-10)27(25,26)24-4-1-3-23-5-2-22-13(23)9-24/h2,5-8H,1,3-4,9H2. The highest BCUT2D eigenvalue weighted by molar-refractivity contribution is 7.89. The minimum atomic E-state index is -5.12. The molecule has 27 heavy (non-hydrogen) atoms. The van der Waals surface area contributed by atoms with Gasteiger partial charge in [-0.15, -0.1) is 0 Å². The second kappa shape index (κ2) is 6.51. The van der Waals surface area contributed by atoms with Crippen LogP contribution in [-0.4, -0.2) is 28.8 Å². The van der Waals surface area contributed by atoms with Crippen LogP contribution in [0.25, 0.3) is 0 Å². The molecule has 0 unspecified atom stereocenters. The van der Waals surface area contributed by atoms with Crippen LogP contribution in [0.2, 0.25) is 0 Å². The summed E-state index contributed by atoms with van der Waals surface area (Å²) in [5.74, 6) is 0.360. The number of nitrogens with zero attached hydrogens (tertiary/aromatic N) is 3. The van der Waals surface area contributed by atoms with Crippen molar-refractivity contribution in [2.75, 3.05) is 6.54 Å². The van der Waals surface area contributed by atoms with Crippen LogP contribution in [0.1, 0.15) is 23.4 Å². The fourth-order valence-corrected chi connectivity index (χ4v) is 4.28. The molecule has 0 amide bonds. The zero-order chi connectivity index (χ0) is 20.0. The molecule has 1 aliphatic heterocycles. The van der Waals surface area contributed by atoms with Gasteiger partial charge < -0.3 is 4.57 Å². The van der Waals surface area contributed by atoms with E-state index in [-0.39, 0.29) is 31.3 Å². The Kier molecular flexibility index (Phi) is 4.75. The number of rotatable bonds is 2. The molecule has 1 aromatic carbocycles. The van der Waals surface area contributed by atoms with E-state index in [1.165, 1.54) is 6.20 Å². The van der Waals surface area contributed by atoms with E-state index < -0.39 is 38.4 Å². The zero-order valence-electron chi connectivity index (χ0n) is 13.5. The van der Waals surface area contributed by atoms with Crippen LogP contribution >= 0.6 is 0 Å². The monoisotopic (exact) mass is 413 g/mol. The summed E-state index contributed by atoms with van der Waals surface area (Å²) in [6.07, 6.45) is -6.84. The van der Waals surface area contributed by atoms with Gasteiger partial charge >= 0.3 is 12.4 Å². The first-order valence-electron chi connectivity index (χ1n) is 7.69. The Balaban J connectivity index is 2.08. The van der Waals surface area contributed by atoms with Crippen molar-refractivity contribution in [3.05, 3.63) is 47.5 Å². The Morgan fingerprint density at radius 1 is 0.926 bits per heavy atom. The molecule has 148 valence electrons. The van der Waals surface area contributed by atoms with Gasteiger partial charge in [0.1, 0.15) is 5.82 Å². The summed E-state index contributed by atoms with van der Waals surface area (Å²) in [6, 6.07) is 0.345. The Morgan fingerprint density at radius 2 is 1.52 bits per heavy atom. The number of benzene rings is 1. The van der Waals surface area contributed by atoms with E-state index in [9.17, 15) is 34.8 Å². The molecule has 3 rings (SSSR count). The van der Waals surface area contributed by atoms with Gasteiger partial charge in [-0.05, 0) is 24.6 Å². The van der Waals surface area contributed by atoms with Crippen molar-refractivity contribution in [1.82, 2.24) is 13.9 Å². The van der Waals surface area contributed by atoms with Gasteiger partial charge in [0.15, 0.2) is 0 Å². The average molecular weight is 413 g/mol. The van der Waals surface area contributed by atoms with Gasteiger partial charge in [0.05, 0.1) is 22.6 Å². The van der Waals surface area contributed by atoms with E-state index in [0.717, 1.165) is 4.31 Å². The predicted molar refractivity (Wildman–Crippen MR) is 80.9 cm³/mol. The number of hydrogen-bond acceptors (Lipinski definition) is 3. The summed E-state index contributed by atoms with van der Waals surface area (Å²) in [5, 5.41) is 0. The lowest BCUT2D eigenvalue weighted by atomic mass is 10.1. The van der Waals surface area contributed by atoms with E-state index in [4.69, 9.17) is 0 Å². The fourth-order valence-electron chi connectivity index (χ4n) is 2.78. The molecule has 0 aliphatic carbocycles. The van der Waals surface area contributed by atoms with Crippen molar-refractivity contribution in [2.24, 2.45) is 0 Å². The number of sulfonamides is 1. The SMILES string of the molecule is O=S(=O)(c1cc(C(F)(F)F)cc(C(F)(F)F)c1)N1CCCn2ccnc2C1. The van der Waals surface area contributed by atoms with Gasteiger partial charge in [0, 0.05) is 25.5 Å².